The summed E-state index contributed by atoms with van der Waals surface area (Å²) in [5, 5.41) is 9.66. The van der Waals surface area contributed by atoms with Crippen LogP contribution in [0.25, 0.3) is 0 Å². The maximum absolute atomic E-state index is 12.6. The fraction of sp³-hybridized carbons (Fsp3) is 0.429. The largest absolute Gasteiger partial charge is 0.463 e. The summed E-state index contributed by atoms with van der Waals surface area (Å²) in [6.07, 6.45) is 2.46. The average molecular weight is 367 g/mol. The Labute approximate surface area is 159 Å². The number of nitrogens with zero attached hydrogens (tertiary/aromatic N) is 2. The van der Waals surface area contributed by atoms with Crippen molar-refractivity contribution in [3.8, 4) is 6.07 Å². The lowest BCUT2D eigenvalue weighted by Crippen LogP contribution is -2.25. The molecular formula is C21H25N3O3. The maximum atomic E-state index is 12.6. The molecule has 1 saturated heterocycles. The standard InChI is InChI=1S/C21H25N3O3/c1-3-26-21(25)18-14(2)27-20(23)17(12-22)19(18)16-8-6-7-15(11-16)13-24-9-4-5-10-24/h6-8,11,19H,3-5,9-10,13,23H2,1-2H3. The molecule has 2 aliphatic rings. The molecule has 1 aromatic carbocycles. The highest BCUT2D eigenvalue weighted by molar-refractivity contribution is 5.92. The fourth-order valence-corrected chi connectivity index (χ4v) is 3.76. The van der Waals surface area contributed by atoms with Crippen LogP contribution in [0.15, 0.2) is 47.1 Å². The van der Waals surface area contributed by atoms with Crippen molar-refractivity contribution in [3.05, 3.63) is 58.2 Å². The van der Waals surface area contributed by atoms with E-state index in [1.807, 2.05) is 18.2 Å². The zero-order valence-corrected chi connectivity index (χ0v) is 15.8. The summed E-state index contributed by atoms with van der Waals surface area (Å²) in [7, 11) is 0. The molecule has 1 atom stereocenters. The Hall–Kier alpha value is -2.78. The average Bonchev–Trinajstić information content (AvgIpc) is 3.14. The summed E-state index contributed by atoms with van der Waals surface area (Å²) in [4.78, 5) is 15.0. The molecular weight excluding hydrogens is 342 g/mol. The minimum atomic E-state index is -0.582. The third kappa shape index (κ3) is 3.99. The third-order valence-corrected chi connectivity index (χ3v) is 4.99. The van der Waals surface area contributed by atoms with Crippen molar-refractivity contribution in [3.63, 3.8) is 0 Å². The second-order valence-corrected chi connectivity index (χ2v) is 6.84. The van der Waals surface area contributed by atoms with Gasteiger partial charge in [-0.3, -0.25) is 4.90 Å². The maximum Gasteiger partial charge on any atom is 0.338 e. The number of hydrogen-bond acceptors (Lipinski definition) is 6. The number of ether oxygens (including phenoxy) is 2. The van der Waals surface area contributed by atoms with Gasteiger partial charge in [0.25, 0.3) is 0 Å². The molecule has 0 amide bonds. The van der Waals surface area contributed by atoms with Gasteiger partial charge < -0.3 is 15.2 Å². The lowest BCUT2D eigenvalue weighted by Gasteiger charge is -2.27. The van der Waals surface area contributed by atoms with Gasteiger partial charge in [0.15, 0.2) is 0 Å². The summed E-state index contributed by atoms with van der Waals surface area (Å²) in [6.45, 7) is 6.73. The number of allylic oxidation sites excluding steroid dienone is 2. The molecule has 2 N–H and O–H groups in total. The molecule has 27 heavy (non-hydrogen) atoms. The van der Waals surface area contributed by atoms with E-state index in [0.29, 0.717) is 11.3 Å². The molecule has 142 valence electrons. The number of hydrogen-bond donors (Lipinski definition) is 1. The number of likely N-dealkylation sites (tertiary alicyclic amines) is 1. The van der Waals surface area contributed by atoms with Gasteiger partial charge in [0.1, 0.15) is 17.4 Å². The number of nitriles is 1. The van der Waals surface area contributed by atoms with Gasteiger partial charge in [-0.25, -0.2) is 4.79 Å². The van der Waals surface area contributed by atoms with Crippen LogP contribution >= 0.6 is 0 Å². The van der Waals surface area contributed by atoms with Crippen LogP contribution in [-0.2, 0) is 20.8 Å². The van der Waals surface area contributed by atoms with E-state index in [4.69, 9.17) is 15.2 Å². The predicted octanol–water partition coefficient (Wildman–Crippen LogP) is 2.93. The summed E-state index contributed by atoms with van der Waals surface area (Å²) < 4.78 is 10.7. The first-order valence-corrected chi connectivity index (χ1v) is 9.31. The van der Waals surface area contributed by atoms with Crippen molar-refractivity contribution < 1.29 is 14.3 Å². The molecule has 1 aromatic rings. The molecule has 0 spiro atoms. The first-order chi connectivity index (χ1) is 13.0. The van der Waals surface area contributed by atoms with Crippen LogP contribution in [0.1, 0.15) is 43.7 Å². The van der Waals surface area contributed by atoms with Gasteiger partial charge in [-0.2, -0.15) is 5.26 Å². The van der Waals surface area contributed by atoms with E-state index >= 15 is 0 Å². The Balaban J connectivity index is 2.00. The summed E-state index contributed by atoms with van der Waals surface area (Å²) in [6, 6.07) is 10.1. The van der Waals surface area contributed by atoms with Crippen LogP contribution in [0.3, 0.4) is 0 Å². The van der Waals surface area contributed by atoms with Crippen LogP contribution in [0.5, 0.6) is 0 Å². The lowest BCUT2D eigenvalue weighted by molar-refractivity contribution is -0.139. The van der Waals surface area contributed by atoms with Crippen molar-refractivity contribution in [2.75, 3.05) is 19.7 Å². The first kappa shape index (κ1) is 19.0. The zero-order chi connectivity index (χ0) is 19.4. The highest BCUT2D eigenvalue weighted by Crippen LogP contribution is 2.39. The molecule has 1 unspecified atom stereocenters. The van der Waals surface area contributed by atoms with Gasteiger partial charge in [-0.05, 0) is 50.9 Å². The van der Waals surface area contributed by atoms with Crippen LogP contribution in [0.2, 0.25) is 0 Å². The number of carbonyl (C=O) groups excluding carboxylic acids is 1. The van der Waals surface area contributed by atoms with E-state index < -0.39 is 11.9 Å². The third-order valence-electron chi connectivity index (χ3n) is 4.99. The van der Waals surface area contributed by atoms with Gasteiger partial charge in [0.2, 0.25) is 5.88 Å². The van der Waals surface area contributed by atoms with E-state index in [-0.39, 0.29) is 18.1 Å². The number of rotatable bonds is 5. The van der Waals surface area contributed by atoms with E-state index in [1.165, 1.54) is 12.8 Å². The fourth-order valence-electron chi connectivity index (χ4n) is 3.76. The van der Waals surface area contributed by atoms with E-state index in [0.717, 1.165) is 30.8 Å². The molecule has 0 aliphatic carbocycles. The van der Waals surface area contributed by atoms with Crippen molar-refractivity contribution in [2.45, 2.75) is 39.2 Å². The topological polar surface area (TPSA) is 88.6 Å². The van der Waals surface area contributed by atoms with Crippen LogP contribution < -0.4 is 5.73 Å². The van der Waals surface area contributed by atoms with E-state index in [2.05, 4.69) is 17.0 Å². The Morgan fingerprint density at radius 1 is 1.41 bits per heavy atom. The first-order valence-electron chi connectivity index (χ1n) is 9.31. The number of nitrogens with two attached hydrogens (primary N) is 1. The SMILES string of the molecule is CCOC(=O)C1=C(C)OC(N)=C(C#N)C1c1cccc(CN2CCCC2)c1. The second-order valence-electron chi connectivity index (χ2n) is 6.84. The van der Waals surface area contributed by atoms with Crippen molar-refractivity contribution >= 4 is 5.97 Å². The Bertz CT molecular complexity index is 829. The summed E-state index contributed by atoms with van der Waals surface area (Å²) in [5.74, 6) is -0.649. The molecule has 6 heteroatoms. The van der Waals surface area contributed by atoms with Crippen LogP contribution in [0, 0.1) is 11.3 Å². The zero-order valence-electron chi connectivity index (χ0n) is 15.8. The molecule has 3 rings (SSSR count). The molecule has 2 heterocycles. The van der Waals surface area contributed by atoms with Gasteiger partial charge in [-0.1, -0.05) is 24.3 Å². The number of benzene rings is 1. The van der Waals surface area contributed by atoms with Gasteiger partial charge in [0, 0.05) is 6.54 Å². The monoisotopic (exact) mass is 367 g/mol. The minimum Gasteiger partial charge on any atom is -0.463 e. The second kappa shape index (κ2) is 8.28. The Morgan fingerprint density at radius 3 is 2.81 bits per heavy atom. The van der Waals surface area contributed by atoms with Crippen molar-refractivity contribution in [1.29, 1.82) is 5.26 Å². The van der Waals surface area contributed by atoms with Crippen molar-refractivity contribution in [2.24, 2.45) is 5.73 Å². The Morgan fingerprint density at radius 2 is 2.15 bits per heavy atom. The predicted molar refractivity (Wildman–Crippen MR) is 101 cm³/mol. The lowest BCUT2D eigenvalue weighted by atomic mass is 9.82. The smallest absolute Gasteiger partial charge is 0.338 e. The number of esters is 1. The quantitative estimate of drug-likeness (QED) is 0.805. The van der Waals surface area contributed by atoms with E-state index in [1.54, 1.807) is 13.8 Å². The van der Waals surface area contributed by atoms with Crippen molar-refractivity contribution in [1.82, 2.24) is 4.90 Å². The normalized spacial score (nSPS) is 20.4. The van der Waals surface area contributed by atoms with Gasteiger partial charge in [0.05, 0.1) is 18.1 Å². The molecule has 0 bridgehead atoms. The minimum absolute atomic E-state index is 0.0398. The molecule has 0 saturated carbocycles. The van der Waals surface area contributed by atoms with Gasteiger partial charge >= 0.3 is 5.97 Å². The molecule has 0 aromatic heterocycles. The highest BCUT2D eigenvalue weighted by Gasteiger charge is 2.36. The van der Waals surface area contributed by atoms with Crippen LogP contribution in [0.4, 0.5) is 0 Å². The molecule has 1 fully saturated rings. The summed E-state index contributed by atoms with van der Waals surface area (Å²) in [5.41, 5.74) is 8.52. The molecule has 6 nitrogen and oxygen atoms in total. The number of carbonyl (C=O) groups is 1. The van der Waals surface area contributed by atoms with E-state index in [9.17, 15) is 10.1 Å². The van der Waals surface area contributed by atoms with Crippen LogP contribution in [-0.4, -0.2) is 30.6 Å². The molecule has 2 aliphatic heterocycles. The molecule has 0 radical (unpaired) electrons. The Kier molecular flexibility index (Phi) is 5.82. The van der Waals surface area contributed by atoms with Gasteiger partial charge in [-0.15, -0.1) is 0 Å². The highest BCUT2D eigenvalue weighted by atomic mass is 16.5. The summed E-state index contributed by atoms with van der Waals surface area (Å²) >= 11 is 0.